The third kappa shape index (κ3) is 5.75. The van der Waals surface area contributed by atoms with E-state index in [1.807, 2.05) is 18.2 Å². The number of nitrogens with one attached hydrogen (secondary N) is 2. The molecule has 2 N–H and O–H groups in total. The van der Waals surface area contributed by atoms with E-state index in [-0.39, 0.29) is 11.8 Å². The zero-order valence-electron chi connectivity index (χ0n) is 15.4. The first-order valence-electron chi connectivity index (χ1n) is 9.32. The van der Waals surface area contributed by atoms with Gasteiger partial charge in [0.25, 0.3) is 0 Å². The number of carbonyl (C=O) groups is 2. The van der Waals surface area contributed by atoms with Gasteiger partial charge in [-0.1, -0.05) is 24.7 Å². The van der Waals surface area contributed by atoms with Crippen molar-refractivity contribution in [3.63, 3.8) is 0 Å². The number of carbonyl (C=O) groups excluding carboxylic acids is 2. The molecule has 0 aliphatic carbocycles. The van der Waals surface area contributed by atoms with Gasteiger partial charge in [0.2, 0.25) is 16.9 Å². The Morgan fingerprint density at radius 1 is 1.30 bits per heavy atom. The third-order valence-electron chi connectivity index (χ3n) is 4.25. The summed E-state index contributed by atoms with van der Waals surface area (Å²) in [5.41, 5.74) is 1.94. The molecule has 2 heterocycles. The first-order valence-corrected chi connectivity index (χ1v) is 10.1. The third-order valence-corrected chi connectivity index (χ3v) is 5.14. The van der Waals surface area contributed by atoms with Gasteiger partial charge in [0.1, 0.15) is 10.8 Å². The van der Waals surface area contributed by atoms with Crippen LogP contribution in [0.2, 0.25) is 0 Å². The summed E-state index contributed by atoms with van der Waals surface area (Å²) in [7, 11) is 0. The van der Waals surface area contributed by atoms with Gasteiger partial charge in [0.15, 0.2) is 0 Å². The van der Waals surface area contributed by atoms with Gasteiger partial charge < -0.3 is 15.4 Å². The number of unbranched alkanes of at least 4 members (excludes halogenated alkanes) is 1. The average molecular weight is 388 g/mol. The molecule has 0 bridgehead atoms. The minimum Gasteiger partial charge on any atom is -0.494 e. The smallest absolute Gasteiger partial charge is 0.226 e. The van der Waals surface area contributed by atoms with E-state index < -0.39 is 0 Å². The van der Waals surface area contributed by atoms with E-state index in [1.54, 1.807) is 0 Å². The Labute approximate surface area is 162 Å². The minimum atomic E-state index is -0.0788. The monoisotopic (exact) mass is 388 g/mol. The lowest BCUT2D eigenvalue weighted by atomic mass is 10.0. The summed E-state index contributed by atoms with van der Waals surface area (Å²) < 4.78 is 5.73. The molecule has 0 atom stereocenters. The minimum absolute atomic E-state index is 0.0510. The zero-order valence-corrected chi connectivity index (χ0v) is 16.2. The normalized spacial score (nSPS) is 13.0. The van der Waals surface area contributed by atoms with Crippen molar-refractivity contribution in [3.05, 3.63) is 28.8 Å². The fourth-order valence-electron chi connectivity index (χ4n) is 2.79. The molecular formula is C19H24N4O3S. The van der Waals surface area contributed by atoms with Crippen LogP contribution in [0.15, 0.2) is 18.2 Å². The number of rotatable bonds is 9. The molecule has 2 amide bonds. The van der Waals surface area contributed by atoms with Crippen LogP contribution in [0.3, 0.4) is 0 Å². The quantitative estimate of drug-likeness (QED) is 0.641. The standard InChI is InChI=1S/C19H24N4O3S/c1-2-3-6-18-22-23-19(27-18)21-16(24)5-4-11-26-14-8-9-15-13(12-14)7-10-17(25)20-15/h8-9,12H,2-7,10-11H2,1H3,(H,20,25)(H,21,23,24). The number of aryl methyl sites for hydroxylation is 2. The molecule has 1 aromatic carbocycles. The van der Waals surface area contributed by atoms with Crippen molar-refractivity contribution < 1.29 is 14.3 Å². The summed E-state index contributed by atoms with van der Waals surface area (Å²) in [6.45, 7) is 2.59. The molecule has 0 saturated carbocycles. The van der Waals surface area contributed by atoms with E-state index in [0.29, 0.717) is 31.0 Å². The number of fused-ring (bicyclic) bond motifs is 1. The van der Waals surface area contributed by atoms with Crippen LogP contribution in [0, 0.1) is 0 Å². The summed E-state index contributed by atoms with van der Waals surface area (Å²) in [5, 5.41) is 15.2. The van der Waals surface area contributed by atoms with Crippen molar-refractivity contribution in [2.45, 2.75) is 51.9 Å². The van der Waals surface area contributed by atoms with Crippen LogP contribution in [0.4, 0.5) is 10.8 Å². The SMILES string of the molecule is CCCCc1nnc(NC(=O)CCCOc2ccc3c(c2)CCC(=O)N3)s1. The largest absolute Gasteiger partial charge is 0.494 e. The molecule has 1 aliphatic heterocycles. The first kappa shape index (κ1) is 19.3. The van der Waals surface area contributed by atoms with E-state index in [9.17, 15) is 9.59 Å². The topological polar surface area (TPSA) is 93.2 Å². The maximum atomic E-state index is 12.0. The van der Waals surface area contributed by atoms with Gasteiger partial charge in [-0.15, -0.1) is 10.2 Å². The van der Waals surface area contributed by atoms with Crippen LogP contribution < -0.4 is 15.4 Å². The van der Waals surface area contributed by atoms with Crippen molar-refractivity contribution in [2.24, 2.45) is 0 Å². The summed E-state index contributed by atoms with van der Waals surface area (Å²) in [6, 6.07) is 5.65. The van der Waals surface area contributed by atoms with E-state index in [0.717, 1.165) is 47.7 Å². The van der Waals surface area contributed by atoms with Crippen molar-refractivity contribution in [1.82, 2.24) is 10.2 Å². The van der Waals surface area contributed by atoms with Gasteiger partial charge >= 0.3 is 0 Å². The predicted molar refractivity (Wildman–Crippen MR) is 105 cm³/mol. The molecule has 8 heteroatoms. The Bertz CT molecular complexity index is 806. The number of hydrogen-bond donors (Lipinski definition) is 2. The Hall–Kier alpha value is -2.48. The predicted octanol–water partition coefficient (Wildman–Crippen LogP) is 3.56. The van der Waals surface area contributed by atoms with Crippen LogP contribution in [-0.2, 0) is 22.4 Å². The van der Waals surface area contributed by atoms with Crippen LogP contribution in [0.1, 0.15) is 49.6 Å². The van der Waals surface area contributed by atoms with Crippen LogP contribution >= 0.6 is 11.3 Å². The summed E-state index contributed by atoms with van der Waals surface area (Å²) >= 11 is 1.44. The Balaban J connectivity index is 1.38. The highest BCUT2D eigenvalue weighted by molar-refractivity contribution is 7.15. The molecule has 0 radical (unpaired) electrons. The molecule has 27 heavy (non-hydrogen) atoms. The summed E-state index contributed by atoms with van der Waals surface area (Å²) in [4.78, 5) is 23.4. The molecule has 1 aromatic heterocycles. The molecule has 0 unspecified atom stereocenters. The summed E-state index contributed by atoms with van der Waals surface area (Å²) in [6.07, 6.45) is 5.30. The van der Waals surface area contributed by atoms with Crippen molar-refractivity contribution in [1.29, 1.82) is 0 Å². The molecule has 3 rings (SSSR count). The Kier molecular flexibility index (Phi) is 6.75. The number of ether oxygens (including phenoxy) is 1. The first-order chi connectivity index (χ1) is 13.1. The molecule has 0 fully saturated rings. The second-order valence-corrected chi connectivity index (χ2v) is 7.53. The van der Waals surface area contributed by atoms with Crippen LogP contribution in [-0.4, -0.2) is 28.6 Å². The molecular weight excluding hydrogens is 364 g/mol. The number of aromatic nitrogens is 2. The number of anilines is 2. The molecule has 0 spiro atoms. The van der Waals surface area contributed by atoms with Crippen molar-refractivity contribution in [3.8, 4) is 5.75 Å². The lowest BCUT2D eigenvalue weighted by Gasteiger charge is -2.17. The molecule has 7 nitrogen and oxygen atoms in total. The lowest BCUT2D eigenvalue weighted by molar-refractivity contribution is -0.117. The van der Waals surface area contributed by atoms with Gasteiger partial charge in [-0.3, -0.25) is 9.59 Å². The highest BCUT2D eigenvalue weighted by atomic mass is 32.1. The zero-order chi connectivity index (χ0) is 19.1. The maximum absolute atomic E-state index is 12.0. The van der Waals surface area contributed by atoms with E-state index in [1.165, 1.54) is 11.3 Å². The molecule has 144 valence electrons. The molecule has 2 aromatic rings. The highest BCUT2D eigenvalue weighted by Gasteiger charge is 2.15. The van der Waals surface area contributed by atoms with Crippen molar-refractivity contribution >= 4 is 34.0 Å². The van der Waals surface area contributed by atoms with E-state index >= 15 is 0 Å². The van der Waals surface area contributed by atoms with Gasteiger partial charge in [0.05, 0.1) is 6.61 Å². The highest BCUT2D eigenvalue weighted by Crippen LogP contribution is 2.27. The fourth-order valence-corrected chi connectivity index (χ4v) is 3.58. The van der Waals surface area contributed by atoms with Gasteiger partial charge in [-0.2, -0.15) is 0 Å². The van der Waals surface area contributed by atoms with Gasteiger partial charge in [-0.25, -0.2) is 0 Å². The Morgan fingerprint density at radius 3 is 3.04 bits per heavy atom. The number of hydrogen-bond acceptors (Lipinski definition) is 6. The fraction of sp³-hybridized carbons (Fsp3) is 0.474. The lowest BCUT2D eigenvalue weighted by Crippen LogP contribution is -2.18. The number of benzene rings is 1. The molecule has 1 aliphatic rings. The average Bonchev–Trinajstić information content (AvgIpc) is 3.10. The van der Waals surface area contributed by atoms with Gasteiger partial charge in [-0.05, 0) is 43.0 Å². The number of amides is 2. The number of nitrogens with zero attached hydrogens (tertiary/aromatic N) is 2. The van der Waals surface area contributed by atoms with E-state index in [4.69, 9.17) is 4.74 Å². The van der Waals surface area contributed by atoms with E-state index in [2.05, 4.69) is 27.8 Å². The van der Waals surface area contributed by atoms with Crippen molar-refractivity contribution in [2.75, 3.05) is 17.2 Å². The summed E-state index contributed by atoms with van der Waals surface area (Å²) in [5.74, 6) is 0.732. The van der Waals surface area contributed by atoms with Crippen LogP contribution in [0.5, 0.6) is 5.75 Å². The molecule has 0 saturated heterocycles. The Morgan fingerprint density at radius 2 is 2.19 bits per heavy atom. The van der Waals surface area contributed by atoms with Crippen LogP contribution in [0.25, 0.3) is 0 Å². The second-order valence-electron chi connectivity index (χ2n) is 6.47. The van der Waals surface area contributed by atoms with Gasteiger partial charge in [0, 0.05) is 24.9 Å². The maximum Gasteiger partial charge on any atom is 0.226 e. The second kappa shape index (κ2) is 9.45.